The average Bonchev–Trinajstić information content (AvgIpc) is 3.53. The van der Waals surface area contributed by atoms with Crippen LogP contribution in [0.5, 0.6) is 11.5 Å². The molecule has 29 heavy (non-hydrogen) atoms. The Morgan fingerprint density at radius 1 is 1.52 bits per heavy atom. The third-order valence-electron chi connectivity index (χ3n) is 3.59. The Kier molecular flexibility index (Phi) is 2.94. The van der Waals surface area contributed by atoms with Crippen LogP contribution in [0.25, 0.3) is 0 Å². The number of aryl methyl sites for hydroxylation is 1. The minimum atomic E-state index is -4.91. The highest BCUT2D eigenvalue weighted by molar-refractivity contribution is 7.93. The van der Waals surface area contributed by atoms with Crippen LogP contribution in [0.1, 0.15) is 37.5 Å². The maximum Gasteiger partial charge on any atom is 0.265 e. The molecule has 1 N–H and O–H groups in total. The van der Waals surface area contributed by atoms with Crippen molar-refractivity contribution in [3.8, 4) is 11.5 Å². The molecular weight excluding hydrogens is 440 g/mol. The predicted molar refractivity (Wildman–Crippen MR) is 107 cm³/mol. The number of rotatable bonds is 6. The van der Waals surface area contributed by atoms with Crippen LogP contribution < -0.4 is 14.2 Å². The topological polar surface area (TPSA) is 108 Å². The number of Topliss-reactive ketones (excluding diaryl/α,β-unsaturated/α-hetero) is 1. The van der Waals surface area contributed by atoms with Crippen molar-refractivity contribution in [2.24, 2.45) is 0 Å². The van der Waals surface area contributed by atoms with Crippen LogP contribution in [0.4, 0.5) is 5.88 Å². The Bertz CT molecular complexity index is 1570. The summed E-state index contributed by atoms with van der Waals surface area (Å²) in [5.41, 5.74) is -2.03. The third kappa shape index (κ3) is 3.70. The maximum atomic E-state index is 13.5. The number of aromatic nitrogens is 1. The number of carbonyl (C=O) groups is 1. The molecule has 3 heterocycles. The zero-order chi connectivity index (χ0) is 28.5. The van der Waals surface area contributed by atoms with Crippen LogP contribution in [0.15, 0.2) is 32.9 Å². The van der Waals surface area contributed by atoms with E-state index in [2.05, 4.69) is 5.16 Å². The summed E-state index contributed by atoms with van der Waals surface area (Å²) in [6, 6.07) is -0.944. The van der Waals surface area contributed by atoms with Gasteiger partial charge >= 0.3 is 0 Å². The largest absolute Gasteiger partial charge is 0.454 e. The highest BCUT2D eigenvalue weighted by Crippen LogP contribution is 2.36. The van der Waals surface area contributed by atoms with Gasteiger partial charge < -0.3 is 14.0 Å². The van der Waals surface area contributed by atoms with E-state index in [0.29, 0.717) is 11.3 Å². The molecular formula is C18H15ClN2O6S2. The van der Waals surface area contributed by atoms with Crippen LogP contribution >= 0.6 is 22.9 Å². The molecule has 0 spiro atoms. The Balaban J connectivity index is 1.88. The van der Waals surface area contributed by atoms with Gasteiger partial charge in [0.1, 0.15) is 17.0 Å². The Morgan fingerprint density at radius 2 is 2.28 bits per heavy atom. The fraction of sp³-hybridized carbons (Fsp3) is 0.222. The lowest BCUT2D eigenvalue weighted by Gasteiger charge is -2.09. The van der Waals surface area contributed by atoms with Crippen LogP contribution in [-0.2, 0) is 16.4 Å². The summed E-state index contributed by atoms with van der Waals surface area (Å²) >= 11 is 6.43. The fourth-order valence-corrected chi connectivity index (χ4v) is 4.64. The lowest BCUT2D eigenvalue weighted by Crippen LogP contribution is -2.16. The van der Waals surface area contributed by atoms with E-state index in [1.807, 2.05) is 0 Å². The van der Waals surface area contributed by atoms with Crippen molar-refractivity contribution in [3.05, 3.63) is 50.3 Å². The van der Waals surface area contributed by atoms with Crippen molar-refractivity contribution in [1.82, 2.24) is 5.16 Å². The second-order valence-corrected chi connectivity index (χ2v) is 8.38. The van der Waals surface area contributed by atoms with Crippen LogP contribution in [0, 0.1) is 13.8 Å². The van der Waals surface area contributed by atoms with Crippen molar-refractivity contribution in [2.75, 3.05) is 11.5 Å². The zero-order valence-corrected chi connectivity index (χ0v) is 16.7. The second-order valence-electron chi connectivity index (χ2n) is 5.51. The first kappa shape index (κ1) is 11.6. The quantitative estimate of drug-likeness (QED) is 0.551. The van der Waals surface area contributed by atoms with Gasteiger partial charge in [-0.1, -0.05) is 16.8 Å². The van der Waals surface area contributed by atoms with Crippen molar-refractivity contribution < 1.29 is 39.6 Å². The minimum absolute atomic E-state index is 0.0798. The minimum Gasteiger partial charge on any atom is -0.454 e. The van der Waals surface area contributed by atoms with E-state index >= 15 is 0 Å². The average molecular weight is 464 g/mol. The number of sulfonamides is 1. The molecule has 0 saturated heterocycles. The number of carbonyl (C=O) groups excluding carboxylic acids is 1. The number of hydrogen-bond acceptors (Lipinski definition) is 8. The summed E-state index contributed by atoms with van der Waals surface area (Å²) in [4.78, 5) is 12.0. The molecule has 1 atom stereocenters. The summed E-state index contributed by atoms with van der Waals surface area (Å²) in [5.74, 6) is -3.44. The van der Waals surface area contributed by atoms with Gasteiger partial charge in [-0.15, -0.1) is 11.3 Å². The van der Waals surface area contributed by atoms with Crippen LogP contribution in [-0.4, -0.2) is 26.1 Å². The smallest absolute Gasteiger partial charge is 0.265 e. The molecule has 0 bridgehead atoms. The first-order valence-electron chi connectivity index (χ1n) is 12.2. The summed E-state index contributed by atoms with van der Waals surface area (Å²) in [7, 11) is -4.91. The molecule has 152 valence electrons. The molecule has 1 unspecified atom stereocenters. The van der Waals surface area contributed by atoms with Gasteiger partial charge in [0.25, 0.3) is 15.9 Å². The molecule has 1 aromatic carbocycles. The fourth-order valence-electron chi connectivity index (χ4n) is 2.24. The van der Waals surface area contributed by atoms with E-state index in [9.17, 15) is 13.2 Å². The molecule has 0 radical (unpaired) electrons. The van der Waals surface area contributed by atoms with Crippen molar-refractivity contribution in [3.63, 3.8) is 0 Å². The molecule has 1 aliphatic heterocycles. The standard InChI is InChI=1S/C18H15ClN2O6S2/c1-9-5-13-14(26-8-25-13)7-11(9)6-12(22)17-15(3-4-28-17)29(23,24)21-18-16(19)10(2)20-27-18/h3-5,7,21H,6,8H2,1-2H3/i1D3,5D,6D2,7D,8D/hD. The number of nitrogens with zero attached hydrogens (tertiary/aromatic N) is 1. The normalized spacial score (nSPS) is 20.9. The molecule has 0 amide bonds. The number of ether oxygens (including phenoxy) is 2. The van der Waals surface area contributed by atoms with Crippen molar-refractivity contribution >= 4 is 44.6 Å². The molecule has 3 aromatic rings. The van der Waals surface area contributed by atoms with Crippen molar-refractivity contribution in [2.45, 2.75) is 25.0 Å². The highest BCUT2D eigenvalue weighted by Gasteiger charge is 2.27. The van der Waals surface area contributed by atoms with E-state index in [-0.39, 0.29) is 15.4 Å². The van der Waals surface area contributed by atoms with E-state index in [1.54, 1.807) is 0 Å². The predicted octanol–water partition coefficient (Wildman–Crippen LogP) is 3.96. The van der Waals surface area contributed by atoms with Gasteiger partial charge in [0.2, 0.25) is 6.77 Å². The number of benzene rings is 1. The number of thiophene rings is 1. The maximum absolute atomic E-state index is 13.5. The summed E-state index contributed by atoms with van der Waals surface area (Å²) in [6.07, 6.45) is -3.39. The van der Waals surface area contributed by atoms with E-state index in [0.717, 1.165) is 11.4 Å². The molecule has 8 nitrogen and oxygen atoms in total. The number of nitrogens with one attached hydrogen (secondary N) is 1. The Hall–Kier alpha value is -2.56. The lowest BCUT2D eigenvalue weighted by atomic mass is 10.0. The molecule has 1 aliphatic rings. The molecule has 0 aliphatic carbocycles. The number of fused-ring (bicyclic) bond motifs is 1. The van der Waals surface area contributed by atoms with E-state index in [1.165, 1.54) is 6.92 Å². The number of hydrogen-bond donors (Lipinski definition) is 1. The molecule has 11 heteroatoms. The summed E-state index contributed by atoms with van der Waals surface area (Å²) in [5, 5.41) is 4.30. The third-order valence-corrected chi connectivity index (χ3v) is 6.37. The molecule has 0 saturated carbocycles. The lowest BCUT2D eigenvalue weighted by molar-refractivity contribution is 0.0994. The second kappa shape index (κ2) is 7.36. The van der Waals surface area contributed by atoms with Gasteiger partial charge in [-0.2, -0.15) is 0 Å². The van der Waals surface area contributed by atoms with E-state index in [4.69, 9.17) is 38.0 Å². The van der Waals surface area contributed by atoms with Crippen LogP contribution in [0.2, 0.25) is 6.43 Å². The van der Waals surface area contributed by atoms with Crippen molar-refractivity contribution in [1.29, 1.82) is 0 Å². The molecule has 0 fully saturated rings. The zero-order valence-electron chi connectivity index (χ0n) is 23.3. The van der Waals surface area contributed by atoms with Gasteiger partial charge in [-0.3, -0.25) is 4.79 Å². The first-order valence-corrected chi connectivity index (χ1v) is 10.3. The first-order chi connectivity index (χ1) is 17.4. The number of anilines is 1. The molecule has 4 rings (SSSR count). The van der Waals surface area contributed by atoms with Gasteiger partial charge in [-0.05, 0) is 48.4 Å². The summed E-state index contributed by atoms with van der Waals surface area (Å²) in [6.45, 7) is -3.60. The summed E-state index contributed by atoms with van der Waals surface area (Å²) < 4.78 is 114. The highest BCUT2D eigenvalue weighted by atomic mass is 35.5. The molecule has 2 aromatic heterocycles. The number of halogens is 1. The number of ketones is 1. The Labute approximate surface area is 188 Å². The van der Waals surface area contributed by atoms with Gasteiger partial charge in [0.05, 0.1) is 7.62 Å². The van der Waals surface area contributed by atoms with Crippen LogP contribution in [0.3, 0.4) is 0 Å². The van der Waals surface area contributed by atoms with Gasteiger partial charge in [-0.25, -0.2) is 13.1 Å². The van der Waals surface area contributed by atoms with Gasteiger partial charge in [0, 0.05) is 13.2 Å². The Morgan fingerprint density at radius 3 is 2.97 bits per heavy atom. The van der Waals surface area contributed by atoms with E-state index < -0.39 is 86.2 Å². The monoisotopic (exact) mass is 463 g/mol. The van der Waals surface area contributed by atoms with Gasteiger partial charge in [0.15, 0.2) is 18.7 Å². The SMILES string of the molecule is [2H]c1c2c(c([2H])c(C([2H])([2H])C(=O)c3sccc3S(=O)(=O)N([2H])c3onc(C)c3Cl)c1C([2H])([2H])[2H])OC([2H])O2.